The molecule has 1 heterocycles. The minimum Gasteiger partial charge on any atom is -0.377 e. The van der Waals surface area contributed by atoms with Crippen LogP contribution in [0.3, 0.4) is 0 Å². The minimum atomic E-state index is -0.451. The van der Waals surface area contributed by atoms with Crippen LogP contribution in [0.2, 0.25) is 0 Å². The lowest BCUT2D eigenvalue weighted by Crippen LogP contribution is -2.51. The van der Waals surface area contributed by atoms with Gasteiger partial charge in [-0.1, -0.05) is 30.3 Å². The van der Waals surface area contributed by atoms with Gasteiger partial charge >= 0.3 is 0 Å². The minimum absolute atomic E-state index is 0.0528. The first-order valence-corrected chi connectivity index (χ1v) is 10.9. The van der Waals surface area contributed by atoms with Crippen LogP contribution in [-0.4, -0.2) is 65.3 Å². The second kappa shape index (κ2) is 9.78. The predicted molar refractivity (Wildman–Crippen MR) is 120 cm³/mol. The van der Waals surface area contributed by atoms with E-state index in [1.54, 1.807) is 17.0 Å². The SMILES string of the molecule is O=C(CN1CCN(C(=O)c2ccc(NC3CC3)c([N+](=O)[O-])c2)CC1)NCc1ccccc1. The fourth-order valence-electron chi connectivity index (χ4n) is 3.73. The highest BCUT2D eigenvalue weighted by atomic mass is 16.6. The van der Waals surface area contributed by atoms with Crippen LogP contribution in [0.5, 0.6) is 0 Å². The molecule has 1 saturated heterocycles. The zero-order chi connectivity index (χ0) is 22.5. The molecule has 0 radical (unpaired) electrons. The Kier molecular flexibility index (Phi) is 6.65. The zero-order valence-corrected chi connectivity index (χ0v) is 17.8. The quantitative estimate of drug-likeness (QED) is 0.484. The van der Waals surface area contributed by atoms with Crippen molar-refractivity contribution in [2.75, 3.05) is 38.0 Å². The van der Waals surface area contributed by atoms with E-state index >= 15 is 0 Å². The Hall–Kier alpha value is -3.46. The van der Waals surface area contributed by atoms with Gasteiger partial charge in [-0.15, -0.1) is 0 Å². The standard InChI is InChI=1S/C23H27N5O4/c29-22(24-15-17-4-2-1-3-5-17)16-26-10-12-27(13-11-26)23(30)18-6-9-20(25-19-7-8-19)21(14-18)28(31)32/h1-6,9,14,19,25H,7-8,10-13,15-16H2,(H,24,29). The number of hydrogen-bond donors (Lipinski definition) is 2. The van der Waals surface area contributed by atoms with E-state index in [9.17, 15) is 19.7 Å². The summed E-state index contributed by atoms with van der Waals surface area (Å²) in [6.45, 7) is 2.87. The molecular formula is C23H27N5O4. The lowest BCUT2D eigenvalue weighted by Gasteiger charge is -2.34. The smallest absolute Gasteiger partial charge is 0.293 e. The number of hydrogen-bond acceptors (Lipinski definition) is 6. The fraction of sp³-hybridized carbons (Fsp3) is 0.391. The van der Waals surface area contributed by atoms with Gasteiger partial charge in [0.05, 0.1) is 11.5 Å². The molecule has 4 rings (SSSR count). The summed E-state index contributed by atoms with van der Waals surface area (Å²) in [7, 11) is 0. The summed E-state index contributed by atoms with van der Waals surface area (Å²) >= 11 is 0. The van der Waals surface area contributed by atoms with Crippen LogP contribution < -0.4 is 10.6 Å². The molecule has 0 atom stereocenters. The van der Waals surface area contributed by atoms with Crippen LogP contribution in [0.15, 0.2) is 48.5 Å². The average Bonchev–Trinajstić information content (AvgIpc) is 3.63. The van der Waals surface area contributed by atoms with E-state index in [-0.39, 0.29) is 30.1 Å². The molecule has 32 heavy (non-hydrogen) atoms. The van der Waals surface area contributed by atoms with Crippen molar-refractivity contribution in [1.29, 1.82) is 0 Å². The highest BCUT2D eigenvalue weighted by Crippen LogP contribution is 2.31. The van der Waals surface area contributed by atoms with Crippen molar-refractivity contribution in [2.45, 2.75) is 25.4 Å². The van der Waals surface area contributed by atoms with Crippen molar-refractivity contribution in [3.05, 3.63) is 69.8 Å². The molecule has 1 saturated carbocycles. The molecule has 0 spiro atoms. The van der Waals surface area contributed by atoms with Gasteiger partial charge in [-0.3, -0.25) is 24.6 Å². The van der Waals surface area contributed by atoms with E-state index in [0.717, 1.165) is 18.4 Å². The number of nitro benzene ring substituents is 1. The average molecular weight is 438 g/mol. The molecule has 9 heteroatoms. The summed E-state index contributed by atoms with van der Waals surface area (Å²) in [5.41, 5.74) is 1.74. The number of piperazine rings is 1. The van der Waals surface area contributed by atoms with E-state index in [4.69, 9.17) is 0 Å². The fourth-order valence-corrected chi connectivity index (χ4v) is 3.73. The first-order chi connectivity index (χ1) is 15.5. The second-order valence-electron chi connectivity index (χ2n) is 8.24. The van der Waals surface area contributed by atoms with Gasteiger partial charge in [-0.25, -0.2) is 0 Å². The van der Waals surface area contributed by atoms with Gasteiger partial charge < -0.3 is 15.5 Å². The monoisotopic (exact) mass is 437 g/mol. The number of carbonyl (C=O) groups excluding carboxylic acids is 2. The normalized spacial score (nSPS) is 16.4. The van der Waals surface area contributed by atoms with Crippen molar-refractivity contribution >= 4 is 23.2 Å². The van der Waals surface area contributed by atoms with Crippen LogP contribution in [0.4, 0.5) is 11.4 Å². The molecule has 9 nitrogen and oxygen atoms in total. The first-order valence-electron chi connectivity index (χ1n) is 10.9. The predicted octanol–water partition coefficient (Wildman–Crippen LogP) is 2.24. The number of nitro groups is 1. The van der Waals surface area contributed by atoms with Crippen molar-refractivity contribution in [2.24, 2.45) is 0 Å². The highest BCUT2D eigenvalue weighted by molar-refractivity contribution is 5.96. The number of nitrogens with one attached hydrogen (secondary N) is 2. The maximum atomic E-state index is 12.9. The number of anilines is 1. The summed E-state index contributed by atoms with van der Waals surface area (Å²) < 4.78 is 0. The Bertz CT molecular complexity index is 985. The van der Waals surface area contributed by atoms with Crippen molar-refractivity contribution in [3.63, 3.8) is 0 Å². The number of benzene rings is 2. The maximum absolute atomic E-state index is 12.9. The van der Waals surface area contributed by atoms with Crippen LogP contribution in [0.1, 0.15) is 28.8 Å². The molecule has 0 bridgehead atoms. The Morgan fingerprint density at radius 3 is 2.41 bits per heavy atom. The second-order valence-corrected chi connectivity index (χ2v) is 8.24. The largest absolute Gasteiger partial charge is 0.377 e. The molecule has 2 fully saturated rings. The third-order valence-corrected chi connectivity index (χ3v) is 5.74. The lowest BCUT2D eigenvalue weighted by molar-refractivity contribution is -0.384. The van der Waals surface area contributed by atoms with Gasteiger partial charge in [0.2, 0.25) is 5.91 Å². The highest BCUT2D eigenvalue weighted by Gasteiger charge is 2.28. The first kappa shape index (κ1) is 21.8. The van der Waals surface area contributed by atoms with Crippen molar-refractivity contribution < 1.29 is 14.5 Å². The van der Waals surface area contributed by atoms with E-state index < -0.39 is 4.92 Å². The molecule has 2 amide bonds. The molecule has 2 aromatic carbocycles. The van der Waals surface area contributed by atoms with Crippen LogP contribution in [0.25, 0.3) is 0 Å². The summed E-state index contributed by atoms with van der Waals surface area (Å²) in [6.07, 6.45) is 2.01. The summed E-state index contributed by atoms with van der Waals surface area (Å²) in [6, 6.07) is 14.6. The van der Waals surface area contributed by atoms with Gasteiger partial charge in [0.1, 0.15) is 5.69 Å². The van der Waals surface area contributed by atoms with E-state index in [1.807, 2.05) is 35.2 Å². The summed E-state index contributed by atoms with van der Waals surface area (Å²) in [5, 5.41) is 17.5. The van der Waals surface area contributed by atoms with E-state index in [1.165, 1.54) is 6.07 Å². The van der Waals surface area contributed by atoms with Gasteiger partial charge in [0.15, 0.2) is 0 Å². The van der Waals surface area contributed by atoms with E-state index in [2.05, 4.69) is 10.6 Å². The van der Waals surface area contributed by atoms with Gasteiger partial charge in [0.25, 0.3) is 11.6 Å². The molecule has 168 valence electrons. The summed E-state index contributed by atoms with van der Waals surface area (Å²) in [4.78, 5) is 39.8. The third-order valence-electron chi connectivity index (χ3n) is 5.74. The Morgan fingerprint density at radius 1 is 1.03 bits per heavy atom. The molecule has 1 aliphatic carbocycles. The molecule has 0 aromatic heterocycles. The topological polar surface area (TPSA) is 108 Å². The molecule has 1 aliphatic heterocycles. The molecule has 2 aliphatic rings. The molecular weight excluding hydrogens is 410 g/mol. The lowest BCUT2D eigenvalue weighted by atomic mass is 10.1. The Balaban J connectivity index is 1.28. The Morgan fingerprint density at radius 2 is 1.75 bits per heavy atom. The van der Waals surface area contributed by atoms with Gasteiger partial charge in [0, 0.05) is 50.4 Å². The van der Waals surface area contributed by atoms with Gasteiger partial charge in [-0.05, 0) is 30.5 Å². The molecule has 2 aromatic rings. The Labute approximate surface area is 186 Å². The van der Waals surface area contributed by atoms with Gasteiger partial charge in [-0.2, -0.15) is 0 Å². The number of nitrogens with zero attached hydrogens (tertiary/aromatic N) is 3. The summed E-state index contributed by atoms with van der Waals surface area (Å²) in [5.74, 6) is -0.276. The van der Waals surface area contributed by atoms with E-state index in [0.29, 0.717) is 44.0 Å². The van der Waals surface area contributed by atoms with Crippen molar-refractivity contribution in [3.8, 4) is 0 Å². The number of carbonyl (C=O) groups is 2. The van der Waals surface area contributed by atoms with Crippen molar-refractivity contribution in [1.82, 2.24) is 15.1 Å². The van der Waals surface area contributed by atoms with Crippen LogP contribution >= 0.6 is 0 Å². The van der Waals surface area contributed by atoms with Crippen LogP contribution in [-0.2, 0) is 11.3 Å². The molecule has 2 N–H and O–H groups in total. The number of amides is 2. The zero-order valence-electron chi connectivity index (χ0n) is 17.8. The number of rotatable bonds is 8. The third kappa shape index (κ3) is 5.61. The maximum Gasteiger partial charge on any atom is 0.293 e. The molecule has 0 unspecified atom stereocenters. The van der Waals surface area contributed by atoms with Crippen LogP contribution in [0, 0.1) is 10.1 Å².